The molecule has 130 valence electrons. The predicted octanol–water partition coefficient (Wildman–Crippen LogP) is 1.61. The molecule has 0 aliphatic rings. The molecule has 0 radical (unpaired) electrons. The summed E-state index contributed by atoms with van der Waals surface area (Å²) in [5, 5.41) is 5.01. The normalized spacial score (nSPS) is 9.80. The van der Waals surface area contributed by atoms with Crippen molar-refractivity contribution in [2.24, 2.45) is 0 Å². The molecule has 2 aromatic rings. The van der Waals surface area contributed by atoms with Crippen molar-refractivity contribution in [3.05, 3.63) is 60.2 Å². The van der Waals surface area contributed by atoms with E-state index < -0.39 is 18.5 Å². The number of benzene rings is 2. The van der Waals surface area contributed by atoms with Crippen molar-refractivity contribution in [2.45, 2.75) is 0 Å². The van der Waals surface area contributed by atoms with Crippen LogP contribution in [-0.2, 0) is 14.3 Å². The predicted molar refractivity (Wildman–Crippen MR) is 91.4 cm³/mol. The van der Waals surface area contributed by atoms with Gasteiger partial charge in [-0.2, -0.15) is 0 Å². The van der Waals surface area contributed by atoms with Crippen LogP contribution in [0.15, 0.2) is 54.6 Å². The molecule has 0 aromatic heterocycles. The quantitative estimate of drug-likeness (QED) is 0.746. The molecule has 7 heteroatoms. The van der Waals surface area contributed by atoms with E-state index in [-0.39, 0.29) is 12.5 Å². The van der Waals surface area contributed by atoms with Crippen LogP contribution < -0.4 is 15.4 Å². The van der Waals surface area contributed by atoms with E-state index >= 15 is 0 Å². The Morgan fingerprint density at radius 2 is 1.64 bits per heavy atom. The van der Waals surface area contributed by atoms with Crippen LogP contribution in [0.2, 0.25) is 0 Å². The minimum Gasteiger partial charge on any atom is -0.497 e. The minimum absolute atomic E-state index is 0.316. The van der Waals surface area contributed by atoms with Crippen molar-refractivity contribution in [2.75, 3.05) is 25.6 Å². The van der Waals surface area contributed by atoms with Crippen LogP contribution in [0.25, 0.3) is 0 Å². The highest BCUT2D eigenvalue weighted by atomic mass is 16.5. The number of methoxy groups -OCH3 is 1. The Morgan fingerprint density at radius 3 is 2.28 bits per heavy atom. The van der Waals surface area contributed by atoms with Gasteiger partial charge in [0.25, 0.3) is 11.8 Å². The van der Waals surface area contributed by atoms with Crippen molar-refractivity contribution in [1.82, 2.24) is 5.32 Å². The highest BCUT2D eigenvalue weighted by Crippen LogP contribution is 2.14. The number of ether oxygens (including phenoxy) is 2. The molecule has 25 heavy (non-hydrogen) atoms. The molecule has 2 aromatic carbocycles. The summed E-state index contributed by atoms with van der Waals surface area (Å²) in [4.78, 5) is 35.1. The van der Waals surface area contributed by atoms with E-state index in [1.54, 1.807) is 61.7 Å². The summed E-state index contributed by atoms with van der Waals surface area (Å²) < 4.78 is 9.83. The molecule has 2 rings (SSSR count). The second kappa shape index (κ2) is 9.07. The molecule has 0 aliphatic heterocycles. The van der Waals surface area contributed by atoms with Gasteiger partial charge in [0.1, 0.15) is 12.3 Å². The smallest absolute Gasteiger partial charge is 0.325 e. The van der Waals surface area contributed by atoms with Crippen LogP contribution >= 0.6 is 0 Å². The number of esters is 1. The third-order valence-corrected chi connectivity index (χ3v) is 3.17. The molecule has 0 saturated heterocycles. The van der Waals surface area contributed by atoms with E-state index in [9.17, 15) is 14.4 Å². The number of anilines is 1. The van der Waals surface area contributed by atoms with Crippen LogP contribution in [0.1, 0.15) is 10.4 Å². The standard InChI is InChI=1S/C18H18N2O5/c1-24-15-9-7-14(8-10-15)20-16(21)12-25-17(22)11-19-18(23)13-5-3-2-4-6-13/h2-10H,11-12H2,1H3,(H,19,23)(H,20,21). The number of rotatable bonds is 7. The Morgan fingerprint density at radius 1 is 0.960 bits per heavy atom. The fourth-order valence-corrected chi connectivity index (χ4v) is 1.91. The number of amides is 2. The lowest BCUT2D eigenvalue weighted by Crippen LogP contribution is -2.32. The summed E-state index contributed by atoms with van der Waals surface area (Å²) in [5.41, 5.74) is 0.992. The molecule has 0 atom stereocenters. The third-order valence-electron chi connectivity index (χ3n) is 3.17. The lowest BCUT2D eigenvalue weighted by atomic mass is 10.2. The molecular weight excluding hydrogens is 324 g/mol. The first-order valence-electron chi connectivity index (χ1n) is 7.51. The lowest BCUT2D eigenvalue weighted by Gasteiger charge is -2.08. The maximum atomic E-state index is 11.8. The van der Waals surface area contributed by atoms with Gasteiger partial charge in [0.05, 0.1) is 7.11 Å². The SMILES string of the molecule is COc1ccc(NC(=O)COC(=O)CNC(=O)c2ccccc2)cc1. The first kappa shape index (κ1) is 18.0. The monoisotopic (exact) mass is 342 g/mol. The number of carbonyl (C=O) groups is 3. The Labute approximate surface area is 144 Å². The molecule has 2 N–H and O–H groups in total. The van der Waals surface area contributed by atoms with Gasteiger partial charge in [0.2, 0.25) is 0 Å². The van der Waals surface area contributed by atoms with Crippen molar-refractivity contribution in [1.29, 1.82) is 0 Å². The van der Waals surface area contributed by atoms with Gasteiger partial charge in [0, 0.05) is 11.3 Å². The van der Waals surface area contributed by atoms with Crippen molar-refractivity contribution < 1.29 is 23.9 Å². The average Bonchev–Trinajstić information content (AvgIpc) is 2.65. The van der Waals surface area contributed by atoms with E-state index in [0.29, 0.717) is 17.0 Å². The largest absolute Gasteiger partial charge is 0.497 e. The van der Waals surface area contributed by atoms with E-state index in [4.69, 9.17) is 9.47 Å². The van der Waals surface area contributed by atoms with Crippen LogP contribution in [0.4, 0.5) is 5.69 Å². The number of hydrogen-bond acceptors (Lipinski definition) is 5. The molecule has 0 bridgehead atoms. The zero-order valence-corrected chi connectivity index (χ0v) is 13.7. The summed E-state index contributed by atoms with van der Waals surface area (Å²) in [6, 6.07) is 15.2. The molecule has 0 fully saturated rings. The Hall–Kier alpha value is -3.35. The first-order valence-corrected chi connectivity index (χ1v) is 7.51. The average molecular weight is 342 g/mol. The summed E-state index contributed by atoms with van der Waals surface area (Å²) >= 11 is 0. The molecule has 0 unspecified atom stereocenters. The van der Waals surface area contributed by atoms with Crippen LogP contribution in [0.5, 0.6) is 5.75 Å². The fraction of sp³-hybridized carbons (Fsp3) is 0.167. The van der Waals surface area contributed by atoms with Crippen molar-refractivity contribution >= 4 is 23.5 Å². The van der Waals surface area contributed by atoms with Gasteiger partial charge in [-0.1, -0.05) is 18.2 Å². The molecule has 0 heterocycles. The molecule has 7 nitrogen and oxygen atoms in total. The minimum atomic E-state index is -0.700. The van der Waals surface area contributed by atoms with Gasteiger partial charge in [-0.15, -0.1) is 0 Å². The van der Waals surface area contributed by atoms with E-state index in [2.05, 4.69) is 10.6 Å². The van der Waals surface area contributed by atoms with E-state index in [1.165, 1.54) is 0 Å². The number of nitrogens with one attached hydrogen (secondary N) is 2. The molecule has 2 amide bonds. The Bertz CT molecular complexity index is 729. The van der Waals surface area contributed by atoms with Gasteiger partial charge in [-0.05, 0) is 36.4 Å². The van der Waals surface area contributed by atoms with Gasteiger partial charge in [-0.3, -0.25) is 14.4 Å². The maximum absolute atomic E-state index is 11.8. The highest BCUT2D eigenvalue weighted by Gasteiger charge is 2.10. The fourth-order valence-electron chi connectivity index (χ4n) is 1.91. The number of carbonyl (C=O) groups excluding carboxylic acids is 3. The Balaban J connectivity index is 1.70. The molecule has 0 saturated carbocycles. The second-order valence-corrected chi connectivity index (χ2v) is 4.99. The van der Waals surface area contributed by atoms with Crippen molar-refractivity contribution in [3.63, 3.8) is 0 Å². The van der Waals surface area contributed by atoms with Crippen LogP contribution in [0, 0.1) is 0 Å². The maximum Gasteiger partial charge on any atom is 0.325 e. The zero-order chi connectivity index (χ0) is 18.1. The van der Waals surface area contributed by atoms with Gasteiger partial charge >= 0.3 is 5.97 Å². The van der Waals surface area contributed by atoms with Crippen molar-refractivity contribution in [3.8, 4) is 5.75 Å². The van der Waals surface area contributed by atoms with Gasteiger partial charge < -0.3 is 20.1 Å². The Kier molecular flexibility index (Phi) is 6.53. The highest BCUT2D eigenvalue weighted by molar-refractivity contribution is 5.96. The molecule has 0 aliphatic carbocycles. The van der Waals surface area contributed by atoms with Gasteiger partial charge in [-0.25, -0.2) is 0 Å². The first-order chi connectivity index (χ1) is 12.1. The summed E-state index contributed by atoms with van der Waals surface area (Å²) in [6.07, 6.45) is 0. The zero-order valence-electron chi connectivity index (χ0n) is 13.7. The lowest BCUT2D eigenvalue weighted by molar-refractivity contribution is -0.146. The summed E-state index contributed by atoms with van der Waals surface area (Å²) in [5.74, 6) is -0.902. The van der Waals surface area contributed by atoms with Crippen LogP contribution in [0.3, 0.4) is 0 Å². The topological polar surface area (TPSA) is 93.7 Å². The summed E-state index contributed by atoms with van der Waals surface area (Å²) in [7, 11) is 1.55. The second-order valence-electron chi connectivity index (χ2n) is 4.99. The van der Waals surface area contributed by atoms with E-state index in [0.717, 1.165) is 0 Å². The van der Waals surface area contributed by atoms with Gasteiger partial charge in [0.15, 0.2) is 6.61 Å². The molecular formula is C18H18N2O5. The van der Waals surface area contributed by atoms with Crippen LogP contribution in [-0.4, -0.2) is 38.0 Å². The van der Waals surface area contributed by atoms with E-state index in [1.807, 2.05) is 0 Å². The molecule has 0 spiro atoms. The number of hydrogen-bond donors (Lipinski definition) is 2. The third kappa shape index (κ3) is 5.98. The summed E-state index contributed by atoms with van der Waals surface area (Å²) in [6.45, 7) is -0.754.